The Kier molecular flexibility index (Phi) is 8.49. The molecule has 0 aromatic carbocycles. The standard InChI is InChI=1S/C14H25NO4/c1-4-15-10-13-9-14(19-12(13)2)11-18-8-7-17-6-5-16-3/h9,15H,4-8,10-11H2,1-3H3. The molecule has 1 heterocycles. The van der Waals surface area contributed by atoms with Gasteiger partial charge in [-0.2, -0.15) is 0 Å². The smallest absolute Gasteiger partial charge is 0.130 e. The number of nitrogens with one attached hydrogen (secondary N) is 1. The lowest BCUT2D eigenvalue weighted by Crippen LogP contribution is -2.11. The van der Waals surface area contributed by atoms with Crippen LogP contribution in [-0.4, -0.2) is 40.1 Å². The van der Waals surface area contributed by atoms with Crippen LogP contribution in [-0.2, 0) is 27.4 Å². The molecule has 1 N–H and O–H groups in total. The van der Waals surface area contributed by atoms with E-state index in [-0.39, 0.29) is 0 Å². The Morgan fingerprint density at radius 1 is 1.16 bits per heavy atom. The average molecular weight is 271 g/mol. The minimum Gasteiger partial charge on any atom is -0.464 e. The van der Waals surface area contributed by atoms with Gasteiger partial charge in [0.05, 0.1) is 26.4 Å². The zero-order valence-corrected chi connectivity index (χ0v) is 12.2. The summed E-state index contributed by atoms with van der Waals surface area (Å²) in [5.41, 5.74) is 1.19. The second kappa shape index (κ2) is 9.97. The molecule has 0 aliphatic carbocycles. The van der Waals surface area contributed by atoms with Crippen LogP contribution >= 0.6 is 0 Å². The summed E-state index contributed by atoms with van der Waals surface area (Å²) in [6.45, 7) is 8.70. The van der Waals surface area contributed by atoms with E-state index >= 15 is 0 Å². The van der Waals surface area contributed by atoms with Gasteiger partial charge in [0.1, 0.15) is 18.1 Å². The highest BCUT2D eigenvalue weighted by Crippen LogP contribution is 2.15. The van der Waals surface area contributed by atoms with Crippen molar-refractivity contribution in [2.24, 2.45) is 0 Å². The fraction of sp³-hybridized carbons (Fsp3) is 0.714. The van der Waals surface area contributed by atoms with Gasteiger partial charge >= 0.3 is 0 Å². The summed E-state index contributed by atoms with van der Waals surface area (Å²) in [4.78, 5) is 0. The first-order chi connectivity index (χ1) is 9.27. The third-order valence-corrected chi connectivity index (χ3v) is 2.69. The van der Waals surface area contributed by atoms with Crippen molar-refractivity contribution in [3.8, 4) is 0 Å². The molecule has 1 aromatic heterocycles. The number of hydrogen-bond donors (Lipinski definition) is 1. The normalized spacial score (nSPS) is 11.1. The van der Waals surface area contributed by atoms with Crippen LogP contribution in [0.25, 0.3) is 0 Å². The minimum absolute atomic E-state index is 0.487. The molecule has 110 valence electrons. The molecule has 19 heavy (non-hydrogen) atoms. The van der Waals surface area contributed by atoms with Crippen LogP contribution in [0.1, 0.15) is 24.0 Å². The van der Waals surface area contributed by atoms with Crippen molar-refractivity contribution in [2.75, 3.05) is 40.1 Å². The SMILES string of the molecule is CCNCc1cc(COCCOCCOC)oc1C. The van der Waals surface area contributed by atoms with Gasteiger partial charge in [0.25, 0.3) is 0 Å². The van der Waals surface area contributed by atoms with Gasteiger partial charge < -0.3 is 23.9 Å². The molecule has 0 fully saturated rings. The van der Waals surface area contributed by atoms with Crippen molar-refractivity contribution in [1.29, 1.82) is 0 Å². The summed E-state index contributed by atoms with van der Waals surface area (Å²) >= 11 is 0. The van der Waals surface area contributed by atoms with Crippen molar-refractivity contribution in [2.45, 2.75) is 27.0 Å². The van der Waals surface area contributed by atoms with E-state index in [0.717, 1.165) is 24.6 Å². The van der Waals surface area contributed by atoms with Gasteiger partial charge in [-0.3, -0.25) is 0 Å². The summed E-state index contributed by atoms with van der Waals surface area (Å²) in [7, 11) is 1.66. The lowest BCUT2D eigenvalue weighted by Gasteiger charge is -2.03. The monoisotopic (exact) mass is 271 g/mol. The van der Waals surface area contributed by atoms with E-state index in [1.165, 1.54) is 5.56 Å². The molecule has 0 spiro atoms. The van der Waals surface area contributed by atoms with E-state index in [1.807, 2.05) is 13.0 Å². The van der Waals surface area contributed by atoms with Crippen LogP contribution in [0, 0.1) is 6.92 Å². The number of methoxy groups -OCH3 is 1. The predicted octanol–water partition coefficient (Wildman–Crippen LogP) is 1.88. The Morgan fingerprint density at radius 3 is 2.63 bits per heavy atom. The van der Waals surface area contributed by atoms with Crippen molar-refractivity contribution in [3.63, 3.8) is 0 Å². The summed E-state index contributed by atoms with van der Waals surface area (Å²) in [6, 6.07) is 2.05. The molecular weight excluding hydrogens is 246 g/mol. The van der Waals surface area contributed by atoms with E-state index < -0.39 is 0 Å². The van der Waals surface area contributed by atoms with Crippen molar-refractivity contribution < 1.29 is 18.6 Å². The number of aryl methyl sites for hydroxylation is 1. The van der Waals surface area contributed by atoms with Crippen LogP contribution in [0.3, 0.4) is 0 Å². The summed E-state index contributed by atoms with van der Waals surface area (Å²) in [5, 5.41) is 3.28. The van der Waals surface area contributed by atoms with Gasteiger partial charge in [0, 0.05) is 19.2 Å². The lowest BCUT2D eigenvalue weighted by atomic mass is 10.2. The van der Waals surface area contributed by atoms with Crippen molar-refractivity contribution in [3.05, 3.63) is 23.2 Å². The Bertz CT molecular complexity index is 338. The first-order valence-electron chi connectivity index (χ1n) is 6.71. The molecule has 0 saturated heterocycles. The maximum atomic E-state index is 5.63. The van der Waals surface area contributed by atoms with Gasteiger partial charge in [-0.15, -0.1) is 0 Å². The highest BCUT2D eigenvalue weighted by atomic mass is 16.5. The maximum Gasteiger partial charge on any atom is 0.130 e. The molecule has 1 rings (SSSR count). The number of rotatable bonds is 11. The largest absolute Gasteiger partial charge is 0.464 e. The predicted molar refractivity (Wildman–Crippen MR) is 73.2 cm³/mol. The molecule has 0 bridgehead atoms. The van der Waals surface area contributed by atoms with Gasteiger partial charge in [-0.1, -0.05) is 6.92 Å². The first kappa shape index (κ1) is 16.2. The van der Waals surface area contributed by atoms with Crippen LogP contribution in [0.15, 0.2) is 10.5 Å². The molecule has 0 aliphatic heterocycles. The van der Waals surface area contributed by atoms with Crippen LogP contribution in [0.2, 0.25) is 0 Å². The molecule has 0 radical (unpaired) electrons. The quantitative estimate of drug-likeness (QED) is 0.623. The lowest BCUT2D eigenvalue weighted by molar-refractivity contribution is 0.0160. The van der Waals surface area contributed by atoms with Gasteiger partial charge in [-0.25, -0.2) is 0 Å². The molecule has 0 atom stereocenters. The zero-order chi connectivity index (χ0) is 13.9. The number of furan rings is 1. The molecular formula is C14H25NO4. The molecule has 0 saturated carbocycles. The summed E-state index contributed by atoms with van der Waals surface area (Å²) in [5.74, 6) is 1.82. The molecule has 0 unspecified atom stereocenters. The van der Waals surface area contributed by atoms with E-state index in [0.29, 0.717) is 33.0 Å². The van der Waals surface area contributed by atoms with Gasteiger partial charge in [-0.05, 0) is 19.5 Å². The third-order valence-electron chi connectivity index (χ3n) is 2.69. The summed E-state index contributed by atoms with van der Waals surface area (Å²) in [6.07, 6.45) is 0. The second-order valence-electron chi connectivity index (χ2n) is 4.23. The molecule has 0 aliphatic rings. The van der Waals surface area contributed by atoms with E-state index in [2.05, 4.69) is 12.2 Å². The van der Waals surface area contributed by atoms with Crippen LogP contribution in [0.4, 0.5) is 0 Å². The molecule has 0 amide bonds. The first-order valence-corrected chi connectivity index (χ1v) is 6.71. The van der Waals surface area contributed by atoms with E-state index in [9.17, 15) is 0 Å². The zero-order valence-electron chi connectivity index (χ0n) is 12.2. The number of hydrogen-bond acceptors (Lipinski definition) is 5. The van der Waals surface area contributed by atoms with Crippen LogP contribution < -0.4 is 5.32 Å². The van der Waals surface area contributed by atoms with Crippen LogP contribution in [0.5, 0.6) is 0 Å². The topological polar surface area (TPSA) is 52.9 Å². The Labute approximate surface area is 115 Å². The van der Waals surface area contributed by atoms with Gasteiger partial charge in [0.2, 0.25) is 0 Å². The van der Waals surface area contributed by atoms with E-state index in [1.54, 1.807) is 7.11 Å². The Hall–Kier alpha value is -0.880. The third kappa shape index (κ3) is 6.73. The Balaban J connectivity index is 2.15. The minimum atomic E-state index is 0.487. The molecule has 5 nitrogen and oxygen atoms in total. The highest BCUT2D eigenvalue weighted by molar-refractivity contribution is 5.20. The fourth-order valence-electron chi connectivity index (χ4n) is 1.63. The second-order valence-corrected chi connectivity index (χ2v) is 4.23. The van der Waals surface area contributed by atoms with Crippen molar-refractivity contribution >= 4 is 0 Å². The van der Waals surface area contributed by atoms with E-state index in [4.69, 9.17) is 18.6 Å². The Morgan fingerprint density at radius 2 is 1.89 bits per heavy atom. The average Bonchev–Trinajstić information content (AvgIpc) is 2.76. The molecule has 5 heteroatoms. The fourth-order valence-corrected chi connectivity index (χ4v) is 1.63. The van der Waals surface area contributed by atoms with Gasteiger partial charge in [0.15, 0.2) is 0 Å². The highest BCUT2D eigenvalue weighted by Gasteiger charge is 2.06. The summed E-state index contributed by atoms with van der Waals surface area (Å²) < 4.78 is 21.3. The maximum absolute atomic E-state index is 5.63. The molecule has 1 aromatic rings. The number of ether oxygens (including phenoxy) is 3. The van der Waals surface area contributed by atoms with Crippen molar-refractivity contribution in [1.82, 2.24) is 5.32 Å².